The molecule has 0 aliphatic rings. The van der Waals surface area contributed by atoms with Crippen LogP contribution in [0.25, 0.3) is 4.85 Å². The molecule has 0 aromatic heterocycles. The molecule has 1 aromatic rings. The zero-order chi connectivity index (χ0) is 8.27. The van der Waals surface area contributed by atoms with E-state index in [1.165, 1.54) is 5.56 Å². The minimum atomic E-state index is 0.683. The second-order valence-electron chi connectivity index (χ2n) is 2.25. The van der Waals surface area contributed by atoms with Crippen LogP contribution in [-0.4, -0.2) is 0 Å². The van der Waals surface area contributed by atoms with Gasteiger partial charge in [0.2, 0.25) is 5.69 Å². The summed E-state index contributed by atoms with van der Waals surface area (Å²) in [5, 5.41) is 0. The van der Waals surface area contributed by atoms with Crippen LogP contribution in [0.1, 0.15) is 12.5 Å². The molecule has 0 radical (unpaired) electrons. The number of nitrogens with zero attached hydrogens (tertiary/aromatic N) is 1. The molecule has 0 saturated heterocycles. The van der Waals surface area contributed by atoms with Gasteiger partial charge in [-0.1, -0.05) is 41.1 Å². The first-order chi connectivity index (χ1) is 5.27. The summed E-state index contributed by atoms with van der Waals surface area (Å²) in [6, 6.07) is 5.82. The smallest absolute Gasteiger partial charge is 0.201 e. The van der Waals surface area contributed by atoms with Crippen molar-refractivity contribution in [1.29, 1.82) is 0 Å². The van der Waals surface area contributed by atoms with Gasteiger partial charge in [0.05, 0.1) is 6.57 Å². The SMILES string of the molecule is [C-]#[N+]c1ccc(CC)cc1Br. The van der Waals surface area contributed by atoms with Crippen molar-refractivity contribution < 1.29 is 0 Å². The summed E-state index contributed by atoms with van der Waals surface area (Å²) in [6.07, 6.45) is 1.01. The summed E-state index contributed by atoms with van der Waals surface area (Å²) in [6.45, 7) is 8.90. The molecule has 1 nitrogen and oxygen atoms in total. The molecule has 0 heterocycles. The lowest BCUT2D eigenvalue weighted by molar-refractivity contribution is 1.14. The highest BCUT2D eigenvalue weighted by atomic mass is 79.9. The van der Waals surface area contributed by atoms with Crippen LogP contribution in [0, 0.1) is 6.57 Å². The van der Waals surface area contributed by atoms with Gasteiger partial charge in [-0.25, -0.2) is 4.85 Å². The van der Waals surface area contributed by atoms with E-state index in [1.54, 1.807) is 0 Å². The third kappa shape index (κ3) is 1.81. The molecule has 0 unspecified atom stereocenters. The Kier molecular flexibility index (Phi) is 2.67. The van der Waals surface area contributed by atoms with E-state index in [1.807, 2.05) is 18.2 Å². The zero-order valence-electron chi connectivity index (χ0n) is 6.26. The molecule has 0 atom stereocenters. The standard InChI is InChI=1S/C9H8BrN/c1-3-7-4-5-9(11-2)8(10)6-7/h4-6H,3H2,1H3. The van der Waals surface area contributed by atoms with Gasteiger partial charge in [0.15, 0.2) is 0 Å². The van der Waals surface area contributed by atoms with Gasteiger partial charge in [0, 0.05) is 4.47 Å². The molecule has 11 heavy (non-hydrogen) atoms. The first-order valence-electron chi connectivity index (χ1n) is 3.43. The summed E-state index contributed by atoms with van der Waals surface area (Å²) in [5.41, 5.74) is 1.94. The van der Waals surface area contributed by atoms with Gasteiger partial charge < -0.3 is 0 Å². The second kappa shape index (κ2) is 3.54. The summed E-state index contributed by atoms with van der Waals surface area (Å²) >= 11 is 3.33. The number of aryl methyl sites for hydroxylation is 1. The summed E-state index contributed by atoms with van der Waals surface area (Å²) in [5.74, 6) is 0. The lowest BCUT2D eigenvalue weighted by Gasteiger charge is -1.98. The molecule has 0 aliphatic carbocycles. The third-order valence-electron chi connectivity index (χ3n) is 1.54. The maximum Gasteiger partial charge on any atom is 0.201 e. The zero-order valence-corrected chi connectivity index (χ0v) is 7.85. The average molecular weight is 210 g/mol. The van der Waals surface area contributed by atoms with Crippen LogP contribution >= 0.6 is 15.9 Å². The summed E-state index contributed by atoms with van der Waals surface area (Å²) in [4.78, 5) is 3.35. The molecule has 0 saturated carbocycles. The molecule has 1 rings (SSSR count). The molecule has 0 fully saturated rings. The van der Waals surface area contributed by atoms with Crippen molar-refractivity contribution in [2.75, 3.05) is 0 Å². The first kappa shape index (κ1) is 8.29. The fourth-order valence-corrected chi connectivity index (χ4v) is 1.38. The Balaban J connectivity index is 3.12. The Morgan fingerprint density at radius 3 is 2.73 bits per heavy atom. The van der Waals surface area contributed by atoms with Crippen molar-refractivity contribution in [3.63, 3.8) is 0 Å². The van der Waals surface area contributed by atoms with E-state index < -0.39 is 0 Å². The first-order valence-corrected chi connectivity index (χ1v) is 4.23. The Morgan fingerprint density at radius 1 is 1.55 bits per heavy atom. The average Bonchev–Trinajstić information content (AvgIpc) is 2.04. The maximum absolute atomic E-state index is 6.81. The lowest BCUT2D eigenvalue weighted by atomic mass is 10.2. The van der Waals surface area contributed by atoms with Crippen molar-refractivity contribution in [2.24, 2.45) is 0 Å². The number of rotatable bonds is 1. The molecule has 0 amide bonds. The van der Waals surface area contributed by atoms with E-state index in [-0.39, 0.29) is 0 Å². The molecule has 0 N–H and O–H groups in total. The van der Waals surface area contributed by atoms with Gasteiger partial charge in [0.1, 0.15) is 0 Å². The molecule has 2 heteroatoms. The van der Waals surface area contributed by atoms with Crippen LogP contribution < -0.4 is 0 Å². The van der Waals surface area contributed by atoms with Crippen LogP contribution in [0.2, 0.25) is 0 Å². The van der Waals surface area contributed by atoms with E-state index in [0.717, 1.165) is 10.9 Å². The van der Waals surface area contributed by atoms with Crippen molar-refractivity contribution in [1.82, 2.24) is 0 Å². The third-order valence-corrected chi connectivity index (χ3v) is 2.18. The maximum atomic E-state index is 6.81. The summed E-state index contributed by atoms with van der Waals surface area (Å²) in [7, 11) is 0. The summed E-state index contributed by atoms with van der Waals surface area (Å²) < 4.78 is 0.895. The van der Waals surface area contributed by atoms with Gasteiger partial charge in [-0.05, 0) is 12.0 Å². The Hall–Kier alpha value is -0.810. The quantitative estimate of drug-likeness (QED) is 0.624. The van der Waals surface area contributed by atoms with Crippen LogP contribution in [0.4, 0.5) is 5.69 Å². The highest BCUT2D eigenvalue weighted by Gasteiger charge is 1.98. The molecular formula is C9H8BrN. The van der Waals surface area contributed by atoms with Crippen LogP contribution in [-0.2, 0) is 6.42 Å². The molecule has 56 valence electrons. The molecule has 0 aliphatic heterocycles. The second-order valence-corrected chi connectivity index (χ2v) is 3.11. The fraction of sp³-hybridized carbons (Fsp3) is 0.222. The number of hydrogen-bond acceptors (Lipinski definition) is 0. The van der Waals surface area contributed by atoms with Crippen molar-refractivity contribution in [2.45, 2.75) is 13.3 Å². The highest BCUT2D eigenvalue weighted by Crippen LogP contribution is 2.26. The van der Waals surface area contributed by atoms with Crippen molar-refractivity contribution >= 4 is 21.6 Å². The number of halogens is 1. The largest absolute Gasteiger partial charge is 0.237 e. The Labute approximate surface area is 75.0 Å². The predicted molar refractivity (Wildman–Crippen MR) is 49.8 cm³/mol. The normalized spacial score (nSPS) is 9.18. The minimum absolute atomic E-state index is 0.683. The topological polar surface area (TPSA) is 4.36 Å². The van der Waals surface area contributed by atoms with Crippen molar-refractivity contribution in [3.05, 3.63) is 39.7 Å². The van der Waals surface area contributed by atoms with Gasteiger partial charge >= 0.3 is 0 Å². The van der Waals surface area contributed by atoms with Crippen LogP contribution in [0.3, 0.4) is 0 Å². The van der Waals surface area contributed by atoms with Crippen LogP contribution in [0.5, 0.6) is 0 Å². The van der Waals surface area contributed by atoms with Gasteiger partial charge in [-0.2, -0.15) is 0 Å². The fourth-order valence-electron chi connectivity index (χ4n) is 0.861. The Bertz CT molecular complexity index is 299. The van der Waals surface area contributed by atoms with Crippen molar-refractivity contribution in [3.8, 4) is 0 Å². The Morgan fingerprint density at radius 2 is 2.27 bits per heavy atom. The predicted octanol–water partition coefficient (Wildman–Crippen LogP) is 3.56. The molecule has 0 spiro atoms. The van der Waals surface area contributed by atoms with E-state index in [9.17, 15) is 0 Å². The van der Waals surface area contributed by atoms with E-state index in [4.69, 9.17) is 6.57 Å². The highest BCUT2D eigenvalue weighted by molar-refractivity contribution is 9.10. The van der Waals surface area contributed by atoms with E-state index in [2.05, 4.69) is 27.7 Å². The number of hydrogen-bond donors (Lipinski definition) is 0. The molecule has 0 bridgehead atoms. The van der Waals surface area contributed by atoms with Gasteiger partial charge in [0.25, 0.3) is 0 Å². The molecular weight excluding hydrogens is 202 g/mol. The molecule has 1 aromatic carbocycles. The monoisotopic (exact) mass is 209 g/mol. The van der Waals surface area contributed by atoms with E-state index >= 15 is 0 Å². The lowest BCUT2D eigenvalue weighted by Crippen LogP contribution is -1.77. The van der Waals surface area contributed by atoms with E-state index in [0.29, 0.717) is 5.69 Å². The number of benzene rings is 1. The minimum Gasteiger partial charge on any atom is -0.237 e. The van der Waals surface area contributed by atoms with Gasteiger partial charge in [-0.15, -0.1) is 0 Å². The van der Waals surface area contributed by atoms with Gasteiger partial charge in [-0.3, -0.25) is 0 Å². The van der Waals surface area contributed by atoms with Crippen LogP contribution in [0.15, 0.2) is 22.7 Å².